The minimum Gasteiger partial charge on any atom is -0.239 e. The van der Waals surface area contributed by atoms with Crippen LogP contribution in [-0.2, 0) is 0 Å². The molecule has 1 aromatic rings. The summed E-state index contributed by atoms with van der Waals surface area (Å²) in [5.74, 6) is -1.05. The van der Waals surface area contributed by atoms with E-state index in [1.165, 1.54) is 6.33 Å². The lowest BCUT2D eigenvalue weighted by molar-refractivity contribution is 0.576. The van der Waals surface area contributed by atoms with Gasteiger partial charge in [0.2, 0.25) is 0 Å². The van der Waals surface area contributed by atoms with Gasteiger partial charge in [0.15, 0.2) is 5.82 Å². The lowest BCUT2D eigenvalue weighted by Gasteiger charge is -2.05. The summed E-state index contributed by atoms with van der Waals surface area (Å²) in [6, 6.07) is 1.96. The molecule has 5 heteroatoms. The molecule has 1 aromatic heterocycles. The quantitative estimate of drug-likeness (QED) is 0.747. The molecule has 0 saturated carbocycles. The summed E-state index contributed by atoms with van der Waals surface area (Å²) < 4.78 is 13.3. The Labute approximate surface area is 83.8 Å². The summed E-state index contributed by atoms with van der Waals surface area (Å²) in [4.78, 5) is 7.42. The average molecular weight is 244 g/mol. The summed E-state index contributed by atoms with van der Waals surface area (Å²) in [6.07, 6.45) is 1.26. The van der Waals surface area contributed by atoms with Gasteiger partial charge in [0, 0.05) is 5.33 Å². The van der Waals surface area contributed by atoms with Crippen LogP contribution >= 0.6 is 15.9 Å². The molecule has 3 nitrogen and oxygen atoms in total. The molecule has 0 saturated heterocycles. The average Bonchev–Trinajstić information content (AvgIpc) is 2.14. The van der Waals surface area contributed by atoms with Gasteiger partial charge >= 0.3 is 0 Å². The molecule has 0 aliphatic carbocycles. The fourth-order valence-electron chi connectivity index (χ4n) is 0.888. The Morgan fingerprint density at radius 2 is 2.38 bits per heavy atom. The zero-order chi connectivity index (χ0) is 9.84. The van der Waals surface area contributed by atoms with Gasteiger partial charge in [0.05, 0.1) is 17.5 Å². The Morgan fingerprint density at radius 3 is 2.92 bits per heavy atom. The first-order valence-corrected chi connectivity index (χ1v) is 4.75. The van der Waals surface area contributed by atoms with Gasteiger partial charge in [-0.3, -0.25) is 0 Å². The topological polar surface area (TPSA) is 49.6 Å². The number of hydrogen-bond acceptors (Lipinski definition) is 3. The van der Waals surface area contributed by atoms with Gasteiger partial charge in [0.1, 0.15) is 12.2 Å². The van der Waals surface area contributed by atoms with Crippen molar-refractivity contribution in [2.45, 2.75) is 12.8 Å². The molecule has 0 amide bonds. The zero-order valence-electron chi connectivity index (χ0n) is 6.96. The van der Waals surface area contributed by atoms with Gasteiger partial charge in [-0.15, -0.1) is 0 Å². The van der Waals surface area contributed by atoms with E-state index in [1.807, 2.05) is 6.07 Å². The highest BCUT2D eigenvalue weighted by Crippen LogP contribution is 2.18. The van der Waals surface area contributed by atoms with Gasteiger partial charge < -0.3 is 0 Å². The molecule has 0 aliphatic heterocycles. The van der Waals surface area contributed by atoms with Gasteiger partial charge in [-0.25, -0.2) is 14.4 Å². The standard InChI is InChI=1S/C8H7BrFN3/c1-5-7(10)8(13-4-12-5)6(2-9)3-11/h4,6H,2H2,1H3. The fourth-order valence-corrected chi connectivity index (χ4v) is 1.34. The van der Waals surface area contributed by atoms with Crippen LogP contribution in [0.4, 0.5) is 4.39 Å². The highest BCUT2D eigenvalue weighted by Gasteiger charge is 2.17. The van der Waals surface area contributed by atoms with Crippen molar-refractivity contribution in [1.29, 1.82) is 5.26 Å². The SMILES string of the molecule is Cc1ncnc(C(C#N)CBr)c1F. The number of nitrogens with zero attached hydrogens (tertiary/aromatic N) is 3. The summed E-state index contributed by atoms with van der Waals surface area (Å²) in [7, 11) is 0. The maximum atomic E-state index is 13.3. The van der Waals surface area contributed by atoms with Gasteiger partial charge in [0.25, 0.3) is 0 Å². The third-order valence-electron chi connectivity index (χ3n) is 1.63. The maximum absolute atomic E-state index is 13.3. The highest BCUT2D eigenvalue weighted by molar-refractivity contribution is 9.09. The first-order chi connectivity index (χ1) is 6.20. The first-order valence-electron chi connectivity index (χ1n) is 3.63. The minimum absolute atomic E-state index is 0.159. The molecule has 0 aliphatic rings. The zero-order valence-corrected chi connectivity index (χ0v) is 8.55. The molecule has 13 heavy (non-hydrogen) atoms. The molecule has 1 rings (SSSR count). The largest absolute Gasteiger partial charge is 0.239 e. The van der Waals surface area contributed by atoms with Crippen molar-refractivity contribution in [2.24, 2.45) is 0 Å². The lowest BCUT2D eigenvalue weighted by atomic mass is 10.1. The van der Waals surface area contributed by atoms with Crippen molar-refractivity contribution in [3.8, 4) is 6.07 Å². The summed E-state index contributed by atoms with van der Waals surface area (Å²) in [6.45, 7) is 1.54. The molecule has 0 aromatic carbocycles. The van der Waals surface area contributed by atoms with Gasteiger partial charge in [-0.05, 0) is 6.92 Å². The molecular weight excluding hydrogens is 237 g/mol. The van der Waals surface area contributed by atoms with Crippen molar-refractivity contribution in [3.63, 3.8) is 0 Å². The van der Waals surface area contributed by atoms with Crippen molar-refractivity contribution >= 4 is 15.9 Å². The Balaban J connectivity index is 3.15. The van der Waals surface area contributed by atoms with Crippen LogP contribution in [0.3, 0.4) is 0 Å². The molecule has 0 spiro atoms. The van der Waals surface area contributed by atoms with Crippen molar-refractivity contribution in [2.75, 3.05) is 5.33 Å². The van der Waals surface area contributed by atoms with Crippen LogP contribution in [-0.4, -0.2) is 15.3 Å². The second-order valence-corrected chi connectivity index (χ2v) is 3.14. The van der Waals surface area contributed by atoms with Crippen LogP contribution in [0.25, 0.3) is 0 Å². The van der Waals surface area contributed by atoms with E-state index >= 15 is 0 Å². The molecule has 0 fully saturated rings. The van der Waals surface area contributed by atoms with Crippen molar-refractivity contribution in [3.05, 3.63) is 23.5 Å². The van der Waals surface area contributed by atoms with E-state index in [-0.39, 0.29) is 11.4 Å². The van der Waals surface area contributed by atoms with E-state index in [0.29, 0.717) is 5.33 Å². The molecule has 1 atom stereocenters. The summed E-state index contributed by atoms with van der Waals surface area (Å²) in [5, 5.41) is 9.06. The summed E-state index contributed by atoms with van der Waals surface area (Å²) >= 11 is 3.12. The molecule has 0 bridgehead atoms. The number of halogens is 2. The minimum atomic E-state index is -0.554. The Bertz CT molecular complexity index is 348. The number of hydrogen-bond donors (Lipinski definition) is 0. The first kappa shape index (κ1) is 10.1. The third kappa shape index (κ3) is 2.01. The predicted octanol–water partition coefficient (Wildman–Crippen LogP) is 1.93. The Kier molecular flexibility index (Phi) is 3.32. The van der Waals surface area contributed by atoms with E-state index in [9.17, 15) is 4.39 Å². The molecular formula is C8H7BrFN3. The number of aryl methyl sites for hydroxylation is 1. The van der Waals surface area contributed by atoms with Crippen molar-refractivity contribution in [1.82, 2.24) is 9.97 Å². The number of nitriles is 1. The highest BCUT2D eigenvalue weighted by atomic mass is 79.9. The predicted molar refractivity (Wildman–Crippen MR) is 48.9 cm³/mol. The number of rotatable bonds is 2. The van der Waals surface area contributed by atoms with Gasteiger partial charge in [-0.2, -0.15) is 5.26 Å². The number of aromatic nitrogens is 2. The Hall–Kier alpha value is -1.02. The maximum Gasteiger partial charge on any atom is 0.167 e. The molecule has 0 N–H and O–H groups in total. The van der Waals surface area contributed by atoms with E-state index < -0.39 is 11.7 Å². The molecule has 0 radical (unpaired) electrons. The van der Waals surface area contributed by atoms with Crippen LogP contribution < -0.4 is 0 Å². The number of alkyl halides is 1. The lowest BCUT2D eigenvalue weighted by Crippen LogP contribution is -2.06. The molecule has 68 valence electrons. The second-order valence-electron chi connectivity index (χ2n) is 2.49. The van der Waals surface area contributed by atoms with E-state index in [4.69, 9.17) is 5.26 Å². The normalized spacial score (nSPS) is 12.2. The Morgan fingerprint density at radius 1 is 1.69 bits per heavy atom. The van der Waals surface area contributed by atoms with E-state index in [0.717, 1.165) is 0 Å². The van der Waals surface area contributed by atoms with Crippen molar-refractivity contribution < 1.29 is 4.39 Å². The third-order valence-corrected chi connectivity index (χ3v) is 2.28. The molecule has 1 heterocycles. The smallest absolute Gasteiger partial charge is 0.167 e. The van der Waals surface area contributed by atoms with E-state index in [2.05, 4.69) is 25.9 Å². The monoisotopic (exact) mass is 243 g/mol. The van der Waals surface area contributed by atoms with Crippen LogP contribution in [0.1, 0.15) is 17.3 Å². The van der Waals surface area contributed by atoms with Crippen LogP contribution in [0.2, 0.25) is 0 Å². The second kappa shape index (κ2) is 4.28. The van der Waals surface area contributed by atoms with Crippen LogP contribution in [0.5, 0.6) is 0 Å². The van der Waals surface area contributed by atoms with Crippen LogP contribution in [0, 0.1) is 24.1 Å². The van der Waals surface area contributed by atoms with Gasteiger partial charge in [-0.1, -0.05) is 15.9 Å². The van der Waals surface area contributed by atoms with Crippen LogP contribution in [0.15, 0.2) is 6.33 Å². The summed E-state index contributed by atoms with van der Waals surface area (Å²) in [5.41, 5.74) is 0.429. The van der Waals surface area contributed by atoms with E-state index in [1.54, 1.807) is 6.92 Å². The molecule has 1 unspecified atom stereocenters. The fraction of sp³-hybridized carbons (Fsp3) is 0.375.